The molecule has 1 aromatic heterocycles. The lowest BCUT2D eigenvalue weighted by molar-refractivity contribution is -0.00249. The van der Waals surface area contributed by atoms with Crippen molar-refractivity contribution < 1.29 is 9.47 Å². The van der Waals surface area contributed by atoms with Crippen molar-refractivity contribution >= 4 is 0 Å². The van der Waals surface area contributed by atoms with Crippen molar-refractivity contribution in [3.8, 4) is 0 Å². The zero-order valence-electron chi connectivity index (χ0n) is 9.01. The minimum atomic E-state index is 0.144. The summed E-state index contributed by atoms with van der Waals surface area (Å²) < 4.78 is 12.6. The molecule has 2 unspecified atom stereocenters. The Labute approximate surface area is 84.9 Å². The number of imidazole rings is 1. The van der Waals surface area contributed by atoms with E-state index in [4.69, 9.17) is 9.47 Å². The first-order valence-corrected chi connectivity index (χ1v) is 4.82. The maximum absolute atomic E-state index is 5.59. The Morgan fingerprint density at radius 3 is 2.71 bits per heavy atom. The normalized spacial score (nSPS) is 15.4. The van der Waals surface area contributed by atoms with Crippen molar-refractivity contribution in [3.05, 3.63) is 18.7 Å². The lowest BCUT2D eigenvalue weighted by atomic mass is 10.3. The third kappa shape index (κ3) is 3.47. The minimum absolute atomic E-state index is 0.144. The van der Waals surface area contributed by atoms with Crippen LogP contribution in [0.3, 0.4) is 0 Å². The molecule has 0 saturated heterocycles. The van der Waals surface area contributed by atoms with Crippen molar-refractivity contribution in [1.29, 1.82) is 0 Å². The Kier molecular flexibility index (Phi) is 4.62. The average Bonchev–Trinajstić information content (AvgIpc) is 2.67. The molecule has 80 valence electrons. The topological polar surface area (TPSA) is 36.3 Å². The van der Waals surface area contributed by atoms with E-state index in [1.807, 2.05) is 17.7 Å². The van der Waals surface area contributed by atoms with Crippen molar-refractivity contribution in [2.45, 2.75) is 26.0 Å². The molecule has 0 N–H and O–H groups in total. The number of ether oxygens (including phenoxy) is 2. The molecular weight excluding hydrogens is 180 g/mol. The fraction of sp³-hybridized carbons (Fsp3) is 0.700. The van der Waals surface area contributed by atoms with Crippen molar-refractivity contribution in [2.24, 2.45) is 0 Å². The first-order valence-electron chi connectivity index (χ1n) is 4.82. The molecule has 1 rings (SSSR count). The van der Waals surface area contributed by atoms with Gasteiger partial charge in [0, 0.05) is 19.5 Å². The summed E-state index contributed by atoms with van der Waals surface area (Å²) in [6.45, 7) is 5.42. The van der Waals surface area contributed by atoms with E-state index in [0.717, 1.165) is 0 Å². The lowest BCUT2D eigenvalue weighted by Gasteiger charge is -2.17. The first-order chi connectivity index (χ1) is 6.74. The number of hydrogen-bond acceptors (Lipinski definition) is 3. The smallest absolute Gasteiger partial charge is 0.0949 e. The van der Waals surface area contributed by atoms with Gasteiger partial charge in [0.15, 0.2) is 0 Å². The highest BCUT2D eigenvalue weighted by molar-refractivity contribution is 4.78. The van der Waals surface area contributed by atoms with Crippen LogP contribution < -0.4 is 0 Å². The highest BCUT2D eigenvalue weighted by Crippen LogP contribution is 2.06. The molecule has 1 heterocycles. The maximum Gasteiger partial charge on any atom is 0.0949 e. The van der Waals surface area contributed by atoms with E-state index in [9.17, 15) is 0 Å². The van der Waals surface area contributed by atoms with Gasteiger partial charge >= 0.3 is 0 Å². The molecule has 0 saturated carbocycles. The van der Waals surface area contributed by atoms with E-state index in [1.54, 1.807) is 19.6 Å². The summed E-state index contributed by atoms with van der Waals surface area (Å²) >= 11 is 0. The fourth-order valence-electron chi connectivity index (χ4n) is 1.20. The number of nitrogens with zero attached hydrogens (tertiary/aromatic N) is 2. The molecule has 2 atom stereocenters. The van der Waals surface area contributed by atoms with Gasteiger partial charge in [0.2, 0.25) is 0 Å². The van der Waals surface area contributed by atoms with Crippen LogP contribution in [0.4, 0.5) is 0 Å². The van der Waals surface area contributed by atoms with E-state index in [-0.39, 0.29) is 6.10 Å². The number of rotatable bonds is 6. The van der Waals surface area contributed by atoms with Crippen LogP contribution in [-0.4, -0.2) is 36.0 Å². The van der Waals surface area contributed by atoms with E-state index < -0.39 is 0 Å². The van der Waals surface area contributed by atoms with Gasteiger partial charge in [0.1, 0.15) is 0 Å². The minimum Gasteiger partial charge on any atom is -0.382 e. The van der Waals surface area contributed by atoms with E-state index in [1.165, 1.54) is 0 Å². The van der Waals surface area contributed by atoms with Gasteiger partial charge in [-0.15, -0.1) is 0 Å². The molecule has 14 heavy (non-hydrogen) atoms. The predicted octanol–water partition coefficient (Wildman–Crippen LogP) is 1.50. The van der Waals surface area contributed by atoms with Crippen LogP contribution in [0.15, 0.2) is 18.7 Å². The van der Waals surface area contributed by atoms with Crippen LogP contribution in [0.2, 0.25) is 0 Å². The van der Waals surface area contributed by atoms with Gasteiger partial charge in [-0.25, -0.2) is 4.98 Å². The summed E-state index contributed by atoms with van der Waals surface area (Å²) in [5, 5.41) is 0. The molecule has 0 radical (unpaired) electrons. The molecule has 1 aromatic rings. The Morgan fingerprint density at radius 2 is 2.14 bits per heavy atom. The van der Waals surface area contributed by atoms with Crippen LogP contribution in [0.5, 0.6) is 0 Å². The zero-order valence-corrected chi connectivity index (χ0v) is 9.01. The molecular formula is C10H18N2O2. The van der Waals surface area contributed by atoms with Gasteiger partial charge in [-0.2, -0.15) is 0 Å². The van der Waals surface area contributed by atoms with E-state index >= 15 is 0 Å². The fourth-order valence-corrected chi connectivity index (χ4v) is 1.20. The second kappa shape index (κ2) is 5.78. The Hall–Kier alpha value is -0.870. The molecule has 4 nitrogen and oxygen atoms in total. The van der Waals surface area contributed by atoms with Crippen LogP contribution >= 0.6 is 0 Å². The molecule has 0 amide bonds. The molecule has 0 aliphatic rings. The molecule has 4 heteroatoms. The van der Waals surface area contributed by atoms with E-state index in [0.29, 0.717) is 19.3 Å². The van der Waals surface area contributed by atoms with Gasteiger partial charge < -0.3 is 14.0 Å². The summed E-state index contributed by atoms with van der Waals surface area (Å²) in [7, 11) is 1.68. The highest BCUT2D eigenvalue weighted by Gasteiger charge is 2.06. The van der Waals surface area contributed by atoms with Crippen LogP contribution in [0.25, 0.3) is 0 Å². The molecule has 0 aliphatic carbocycles. The van der Waals surface area contributed by atoms with Crippen LogP contribution in [0.1, 0.15) is 19.9 Å². The molecule has 0 aliphatic heterocycles. The van der Waals surface area contributed by atoms with Crippen molar-refractivity contribution in [1.82, 2.24) is 9.55 Å². The summed E-state index contributed by atoms with van der Waals surface area (Å²) in [6.07, 6.45) is 5.66. The number of methoxy groups -OCH3 is 1. The third-order valence-corrected chi connectivity index (χ3v) is 2.06. The van der Waals surface area contributed by atoms with Crippen molar-refractivity contribution in [3.63, 3.8) is 0 Å². The second-order valence-corrected chi connectivity index (χ2v) is 3.46. The third-order valence-electron chi connectivity index (χ3n) is 2.06. The van der Waals surface area contributed by atoms with Gasteiger partial charge in [0.05, 0.1) is 31.7 Å². The number of aromatic nitrogens is 2. The zero-order chi connectivity index (χ0) is 10.4. The maximum atomic E-state index is 5.59. The quantitative estimate of drug-likeness (QED) is 0.695. The largest absolute Gasteiger partial charge is 0.382 e. The van der Waals surface area contributed by atoms with Gasteiger partial charge in [-0.1, -0.05) is 0 Å². The molecule has 0 spiro atoms. The molecule has 0 aromatic carbocycles. The van der Waals surface area contributed by atoms with Gasteiger partial charge in [-0.3, -0.25) is 0 Å². The highest BCUT2D eigenvalue weighted by atomic mass is 16.5. The van der Waals surface area contributed by atoms with Crippen molar-refractivity contribution in [2.75, 3.05) is 20.3 Å². The van der Waals surface area contributed by atoms with Gasteiger partial charge in [0.25, 0.3) is 0 Å². The molecule has 0 bridgehead atoms. The Morgan fingerprint density at radius 1 is 1.36 bits per heavy atom. The second-order valence-electron chi connectivity index (χ2n) is 3.46. The number of hydrogen-bond donors (Lipinski definition) is 0. The first kappa shape index (κ1) is 11.2. The lowest BCUT2D eigenvalue weighted by Crippen LogP contribution is -2.20. The average molecular weight is 198 g/mol. The molecule has 0 fully saturated rings. The summed E-state index contributed by atoms with van der Waals surface area (Å²) in [5.74, 6) is 0. The Bertz CT molecular complexity index is 236. The summed E-state index contributed by atoms with van der Waals surface area (Å²) in [4.78, 5) is 3.99. The predicted molar refractivity (Wildman–Crippen MR) is 54.2 cm³/mol. The standard InChI is InChI=1S/C10H18N2O2/c1-9(12-5-4-11-8-12)6-14-10(2)7-13-3/h4-5,8-10H,6-7H2,1-3H3. The SMILES string of the molecule is COCC(C)OCC(C)n1ccnc1. The van der Waals surface area contributed by atoms with E-state index in [2.05, 4.69) is 11.9 Å². The van der Waals surface area contributed by atoms with Crippen LogP contribution in [-0.2, 0) is 9.47 Å². The summed E-state index contributed by atoms with van der Waals surface area (Å²) in [5.41, 5.74) is 0. The monoisotopic (exact) mass is 198 g/mol. The van der Waals surface area contributed by atoms with Gasteiger partial charge in [-0.05, 0) is 13.8 Å². The Balaban J connectivity index is 2.24. The van der Waals surface area contributed by atoms with Crippen LogP contribution in [0, 0.1) is 0 Å². The summed E-state index contributed by atoms with van der Waals surface area (Å²) in [6, 6.07) is 0.316.